The monoisotopic (exact) mass is 294 g/mol. The van der Waals surface area contributed by atoms with Gasteiger partial charge in [-0.2, -0.15) is 0 Å². The second kappa shape index (κ2) is 4.42. The summed E-state index contributed by atoms with van der Waals surface area (Å²) in [6.07, 6.45) is 0. The van der Waals surface area contributed by atoms with E-state index in [4.69, 9.17) is 4.74 Å². The number of pyridine rings is 1. The fraction of sp³-hybridized carbons (Fsp3) is 0.0625. The number of phenolic OH excluding ortho intramolecular Hbond substituents is 1. The Morgan fingerprint density at radius 3 is 2.86 bits per heavy atom. The van der Waals surface area contributed by atoms with Gasteiger partial charge in [0.05, 0.1) is 16.7 Å². The second-order valence-electron chi connectivity index (χ2n) is 5.07. The summed E-state index contributed by atoms with van der Waals surface area (Å²) in [5.74, 6) is 0.541. The molecule has 0 radical (unpaired) electrons. The summed E-state index contributed by atoms with van der Waals surface area (Å²) in [6, 6.07) is 11.8. The molecule has 1 aliphatic rings. The molecule has 0 aliphatic carbocycles. The first-order valence-corrected chi connectivity index (χ1v) is 6.67. The molecule has 0 saturated heterocycles. The van der Waals surface area contributed by atoms with Crippen LogP contribution in [0.3, 0.4) is 0 Å². The van der Waals surface area contributed by atoms with Gasteiger partial charge in [0.15, 0.2) is 0 Å². The number of aromatic nitrogens is 1. The van der Waals surface area contributed by atoms with Crippen LogP contribution in [0.5, 0.6) is 11.5 Å². The Hall–Kier alpha value is -3.15. The van der Waals surface area contributed by atoms with Gasteiger partial charge in [-0.05, 0) is 18.2 Å². The quantitative estimate of drug-likeness (QED) is 0.549. The number of hydrogen-bond donors (Lipinski definition) is 1. The highest BCUT2D eigenvalue weighted by Gasteiger charge is 2.21. The van der Waals surface area contributed by atoms with Crippen molar-refractivity contribution in [1.29, 1.82) is 0 Å². The molecule has 0 fully saturated rings. The van der Waals surface area contributed by atoms with E-state index in [1.807, 2.05) is 24.3 Å². The molecule has 108 valence electrons. The number of fused-ring (bicyclic) bond motifs is 4. The van der Waals surface area contributed by atoms with E-state index >= 15 is 0 Å². The molecule has 0 atom stereocenters. The van der Waals surface area contributed by atoms with Gasteiger partial charge in [0, 0.05) is 22.6 Å². The van der Waals surface area contributed by atoms with Crippen LogP contribution in [0.2, 0.25) is 0 Å². The molecular weight excluding hydrogens is 284 g/mol. The van der Waals surface area contributed by atoms with Crippen molar-refractivity contribution >= 4 is 16.6 Å². The first-order chi connectivity index (χ1) is 10.6. The lowest BCUT2D eigenvalue weighted by Gasteiger charge is -2.20. The number of phenols is 1. The molecule has 6 heteroatoms. The molecule has 3 aromatic rings. The Labute approximate surface area is 124 Å². The molecule has 0 saturated carbocycles. The van der Waals surface area contributed by atoms with Crippen LogP contribution >= 0.6 is 0 Å². The predicted octanol–water partition coefficient (Wildman–Crippen LogP) is 3.41. The van der Waals surface area contributed by atoms with E-state index in [1.54, 1.807) is 6.07 Å². The van der Waals surface area contributed by atoms with Crippen LogP contribution in [-0.4, -0.2) is 15.0 Å². The molecule has 0 bridgehead atoms. The number of rotatable bonds is 1. The second-order valence-corrected chi connectivity index (χ2v) is 5.07. The summed E-state index contributed by atoms with van der Waals surface area (Å²) in [5.41, 5.74) is 2.61. The van der Waals surface area contributed by atoms with E-state index in [0.29, 0.717) is 17.5 Å². The summed E-state index contributed by atoms with van der Waals surface area (Å²) >= 11 is 0. The maximum Gasteiger partial charge on any atom is 0.273 e. The van der Waals surface area contributed by atoms with E-state index in [0.717, 1.165) is 28.6 Å². The number of aromatic hydroxyl groups is 1. The SMILES string of the molecule is O=[N+]([O-])c1cc(O)c2nc3c(cc2c1)COc1ccccc1-3. The van der Waals surface area contributed by atoms with Crippen molar-refractivity contribution in [3.8, 4) is 22.8 Å². The van der Waals surface area contributed by atoms with E-state index in [2.05, 4.69) is 4.98 Å². The lowest BCUT2D eigenvalue weighted by molar-refractivity contribution is -0.384. The van der Waals surface area contributed by atoms with E-state index in [-0.39, 0.29) is 11.4 Å². The Balaban J connectivity index is 2.02. The van der Waals surface area contributed by atoms with Crippen LogP contribution in [0, 0.1) is 10.1 Å². The number of benzene rings is 2. The van der Waals surface area contributed by atoms with Gasteiger partial charge < -0.3 is 9.84 Å². The number of para-hydroxylation sites is 1. The third-order valence-electron chi connectivity index (χ3n) is 3.70. The molecule has 22 heavy (non-hydrogen) atoms. The summed E-state index contributed by atoms with van der Waals surface area (Å²) in [6.45, 7) is 0.346. The number of ether oxygens (including phenoxy) is 1. The molecular formula is C16H10N2O4. The topological polar surface area (TPSA) is 85.5 Å². The van der Waals surface area contributed by atoms with Crippen molar-refractivity contribution in [3.05, 3.63) is 58.1 Å². The molecule has 6 nitrogen and oxygen atoms in total. The predicted molar refractivity (Wildman–Crippen MR) is 79.8 cm³/mol. The minimum atomic E-state index is -0.537. The van der Waals surface area contributed by atoms with E-state index in [1.165, 1.54) is 6.07 Å². The zero-order valence-electron chi connectivity index (χ0n) is 11.3. The maximum atomic E-state index is 10.9. The van der Waals surface area contributed by atoms with Crippen LogP contribution in [0.1, 0.15) is 5.56 Å². The molecule has 2 aromatic carbocycles. The first-order valence-electron chi connectivity index (χ1n) is 6.67. The van der Waals surface area contributed by atoms with Crippen molar-refractivity contribution in [2.45, 2.75) is 6.61 Å². The van der Waals surface area contributed by atoms with Crippen LogP contribution in [0.4, 0.5) is 5.69 Å². The smallest absolute Gasteiger partial charge is 0.273 e. The number of nitrogens with zero attached hydrogens (tertiary/aromatic N) is 2. The van der Waals surface area contributed by atoms with Gasteiger partial charge in [0.1, 0.15) is 23.6 Å². The zero-order valence-corrected chi connectivity index (χ0v) is 11.3. The van der Waals surface area contributed by atoms with Gasteiger partial charge in [-0.25, -0.2) is 4.98 Å². The maximum absolute atomic E-state index is 10.9. The highest BCUT2D eigenvalue weighted by Crippen LogP contribution is 2.39. The zero-order chi connectivity index (χ0) is 15.3. The van der Waals surface area contributed by atoms with Crippen molar-refractivity contribution in [2.75, 3.05) is 0 Å². The number of non-ortho nitro benzene ring substituents is 1. The van der Waals surface area contributed by atoms with Gasteiger partial charge in [-0.1, -0.05) is 12.1 Å². The van der Waals surface area contributed by atoms with Gasteiger partial charge in [0.25, 0.3) is 5.69 Å². The summed E-state index contributed by atoms with van der Waals surface area (Å²) in [4.78, 5) is 14.9. The summed E-state index contributed by atoms with van der Waals surface area (Å²) < 4.78 is 5.67. The average molecular weight is 294 g/mol. The number of hydrogen-bond acceptors (Lipinski definition) is 5. The molecule has 1 aromatic heterocycles. The van der Waals surface area contributed by atoms with Crippen LogP contribution in [-0.2, 0) is 6.61 Å². The summed E-state index contributed by atoms with van der Waals surface area (Å²) in [7, 11) is 0. The minimum Gasteiger partial charge on any atom is -0.505 e. The average Bonchev–Trinajstić information content (AvgIpc) is 2.53. The van der Waals surface area contributed by atoms with Crippen molar-refractivity contribution < 1.29 is 14.8 Å². The fourth-order valence-electron chi connectivity index (χ4n) is 2.69. The van der Waals surface area contributed by atoms with Gasteiger partial charge in [-0.3, -0.25) is 10.1 Å². The Kier molecular flexibility index (Phi) is 2.53. The van der Waals surface area contributed by atoms with Gasteiger partial charge in [0.2, 0.25) is 0 Å². The van der Waals surface area contributed by atoms with Gasteiger partial charge >= 0.3 is 0 Å². The molecule has 0 unspecified atom stereocenters. The van der Waals surface area contributed by atoms with Crippen LogP contribution < -0.4 is 4.74 Å². The highest BCUT2D eigenvalue weighted by atomic mass is 16.6. The van der Waals surface area contributed by atoms with Crippen LogP contribution in [0.25, 0.3) is 22.2 Å². The lowest BCUT2D eigenvalue weighted by atomic mass is 10.0. The Bertz CT molecular complexity index is 937. The standard InChI is InChI=1S/C16H10N2O4/c19-13-7-11(18(20)21)6-9-5-10-8-22-14-4-2-1-3-12(14)15(10)17-16(9)13/h1-7,19H,8H2. The molecule has 4 rings (SSSR count). The Morgan fingerprint density at radius 1 is 1.23 bits per heavy atom. The molecule has 2 heterocycles. The first kappa shape index (κ1) is 12.6. The molecule has 1 aliphatic heterocycles. The molecule has 0 amide bonds. The third kappa shape index (κ3) is 1.77. The number of nitro groups is 1. The van der Waals surface area contributed by atoms with Gasteiger partial charge in [-0.15, -0.1) is 0 Å². The van der Waals surface area contributed by atoms with E-state index in [9.17, 15) is 15.2 Å². The van der Waals surface area contributed by atoms with E-state index < -0.39 is 4.92 Å². The number of nitro benzene ring substituents is 1. The van der Waals surface area contributed by atoms with Crippen molar-refractivity contribution in [3.63, 3.8) is 0 Å². The normalized spacial score (nSPS) is 12.4. The Morgan fingerprint density at radius 2 is 2.05 bits per heavy atom. The van der Waals surface area contributed by atoms with Crippen molar-refractivity contribution in [1.82, 2.24) is 4.98 Å². The minimum absolute atomic E-state index is 0.163. The largest absolute Gasteiger partial charge is 0.505 e. The fourth-order valence-corrected chi connectivity index (χ4v) is 2.69. The molecule has 1 N–H and O–H groups in total. The summed E-state index contributed by atoms with van der Waals surface area (Å²) in [5, 5.41) is 21.5. The van der Waals surface area contributed by atoms with Crippen molar-refractivity contribution in [2.24, 2.45) is 0 Å². The molecule has 0 spiro atoms. The lowest BCUT2D eigenvalue weighted by Crippen LogP contribution is -2.07. The highest BCUT2D eigenvalue weighted by molar-refractivity contribution is 5.90. The van der Waals surface area contributed by atoms with Crippen LogP contribution in [0.15, 0.2) is 42.5 Å². The third-order valence-corrected chi connectivity index (χ3v) is 3.70.